The van der Waals surface area contributed by atoms with Crippen molar-refractivity contribution in [2.75, 3.05) is 13.7 Å². The van der Waals surface area contributed by atoms with E-state index in [1.807, 2.05) is 36.4 Å². The van der Waals surface area contributed by atoms with Crippen LogP contribution in [-0.2, 0) is 4.84 Å². The number of hydrogen-bond acceptors (Lipinski definition) is 6. The molecule has 0 bridgehead atoms. The van der Waals surface area contributed by atoms with Crippen LogP contribution in [0.5, 0.6) is 0 Å². The van der Waals surface area contributed by atoms with Crippen LogP contribution >= 0.6 is 0 Å². The molecule has 24 heavy (non-hydrogen) atoms. The van der Waals surface area contributed by atoms with Crippen LogP contribution in [0.3, 0.4) is 0 Å². The highest BCUT2D eigenvalue weighted by atomic mass is 16.7. The van der Waals surface area contributed by atoms with Crippen molar-refractivity contribution < 1.29 is 14.4 Å². The molecule has 1 N–H and O–H groups in total. The van der Waals surface area contributed by atoms with Crippen LogP contribution in [0, 0.1) is 0 Å². The molecule has 0 radical (unpaired) electrons. The normalized spacial score (nSPS) is 21.6. The second-order valence-corrected chi connectivity index (χ2v) is 5.85. The van der Waals surface area contributed by atoms with Gasteiger partial charge in [-0.25, -0.2) is 4.79 Å². The lowest BCUT2D eigenvalue weighted by Crippen LogP contribution is -2.27. The predicted octanol–water partition coefficient (Wildman–Crippen LogP) is 1.78. The maximum atomic E-state index is 12.3. The van der Waals surface area contributed by atoms with Gasteiger partial charge in [0.1, 0.15) is 5.76 Å². The Hall–Kier alpha value is -2.48. The van der Waals surface area contributed by atoms with Crippen LogP contribution in [0.4, 0.5) is 0 Å². The third-order valence-electron chi connectivity index (χ3n) is 4.29. The third-order valence-corrected chi connectivity index (χ3v) is 4.29. The van der Waals surface area contributed by atoms with E-state index in [9.17, 15) is 9.90 Å². The zero-order valence-electron chi connectivity index (χ0n) is 13.1. The highest BCUT2D eigenvalue weighted by Crippen LogP contribution is 2.29. The van der Waals surface area contributed by atoms with Gasteiger partial charge in [0.15, 0.2) is 6.23 Å². The number of aromatic nitrogens is 2. The maximum absolute atomic E-state index is 12.3. The molecule has 0 amide bonds. The Morgan fingerprint density at radius 2 is 2.12 bits per heavy atom. The summed E-state index contributed by atoms with van der Waals surface area (Å²) in [7, 11) is 1.74. The molecule has 0 spiro atoms. The number of fused-ring (bicyclic) bond motifs is 1. The van der Waals surface area contributed by atoms with E-state index in [0.29, 0.717) is 17.9 Å². The number of hydroxylamine groups is 2. The van der Waals surface area contributed by atoms with E-state index < -0.39 is 11.9 Å². The van der Waals surface area contributed by atoms with Crippen LogP contribution in [0.15, 0.2) is 51.8 Å². The van der Waals surface area contributed by atoms with Gasteiger partial charge in [0.25, 0.3) is 0 Å². The molecule has 1 saturated heterocycles. The minimum Gasteiger partial charge on any atom is -0.437 e. The fourth-order valence-electron chi connectivity index (χ4n) is 2.93. The van der Waals surface area contributed by atoms with Crippen LogP contribution in [0.1, 0.15) is 12.6 Å². The van der Waals surface area contributed by atoms with Gasteiger partial charge in [0, 0.05) is 25.2 Å². The quantitative estimate of drug-likeness (QED) is 0.790. The van der Waals surface area contributed by atoms with Crippen molar-refractivity contribution in [2.24, 2.45) is 0 Å². The first kappa shape index (κ1) is 15.1. The molecule has 7 nitrogen and oxygen atoms in total. The molecular formula is C17H17N3O4. The number of likely N-dealkylation sites (N-methyl/N-ethyl adjacent to an activating group) is 1. The van der Waals surface area contributed by atoms with Crippen molar-refractivity contribution in [3.05, 3.63) is 53.1 Å². The van der Waals surface area contributed by atoms with Crippen molar-refractivity contribution in [1.29, 1.82) is 0 Å². The Morgan fingerprint density at radius 3 is 2.83 bits per heavy atom. The summed E-state index contributed by atoms with van der Waals surface area (Å²) in [5.74, 6) is 0.660. The Morgan fingerprint density at radius 1 is 1.33 bits per heavy atom. The minimum atomic E-state index is -0.480. The van der Waals surface area contributed by atoms with Gasteiger partial charge < -0.3 is 9.52 Å². The summed E-state index contributed by atoms with van der Waals surface area (Å²) in [4.78, 5) is 22.0. The molecule has 1 aliphatic heterocycles. The standard InChI is InChI=1S/C17H17N3O4/c1-19-13(10-21)8-15(24-19)20-9-12-7-14(11-5-3-2-4-6-11)23-16(12)18-17(20)22/h2-7,9,13,15,21H,8,10H2,1H3. The Labute approximate surface area is 137 Å². The van der Waals surface area contributed by atoms with Gasteiger partial charge in [-0.1, -0.05) is 30.3 Å². The van der Waals surface area contributed by atoms with E-state index >= 15 is 0 Å². The summed E-state index contributed by atoms with van der Waals surface area (Å²) in [6.07, 6.45) is 1.73. The van der Waals surface area contributed by atoms with Gasteiger partial charge in [0.05, 0.1) is 18.0 Å². The van der Waals surface area contributed by atoms with E-state index in [2.05, 4.69) is 4.98 Å². The summed E-state index contributed by atoms with van der Waals surface area (Å²) in [6, 6.07) is 11.4. The smallest absolute Gasteiger partial charge is 0.353 e. The van der Waals surface area contributed by atoms with Gasteiger partial charge in [-0.3, -0.25) is 9.40 Å². The number of benzene rings is 1. The summed E-state index contributed by atoms with van der Waals surface area (Å²) in [5.41, 5.74) is 0.792. The van der Waals surface area contributed by atoms with Crippen LogP contribution in [-0.4, -0.2) is 39.4 Å². The molecule has 4 rings (SSSR count). The second kappa shape index (κ2) is 5.86. The molecule has 0 saturated carbocycles. The average molecular weight is 327 g/mol. The van der Waals surface area contributed by atoms with E-state index in [1.165, 1.54) is 4.57 Å². The number of nitrogens with zero attached hydrogens (tertiary/aromatic N) is 3. The molecule has 3 heterocycles. The van der Waals surface area contributed by atoms with Crippen molar-refractivity contribution in [3.63, 3.8) is 0 Å². The molecule has 1 aromatic carbocycles. The van der Waals surface area contributed by atoms with Gasteiger partial charge in [-0.2, -0.15) is 10.0 Å². The van der Waals surface area contributed by atoms with Gasteiger partial charge in [0.2, 0.25) is 5.71 Å². The summed E-state index contributed by atoms with van der Waals surface area (Å²) in [6.45, 7) is -0.0265. The Kier molecular flexibility index (Phi) is 3.68. The Bertz CT molecular complexity index is 918. The lowest BCUT2D eigenvalue weighted by molar-refractivity contribution is -0.170. The molecule has 2 aromatic heterocycles. The van der Waals surface area contributed by atoms with E-state index in [0.717, 1.165) is 10.9 Å². The first-order valence-electron chi connectivity index (χ1n) is 7.74. The van der Waals surface area contributed by atoms with Crippen LogP contribution < -0.4 is 5.69 Å². The minimum absolute atomic E-state index is 0.0265. The van der Waals surface area contributed by atoms with Crippen LogP contribution in [0.2, 0.25) is 0 Å². The monoisotopic (exact) mass is 327 g/mol. The molecule has 0 aliphatic carbocycles. The first-order valence-corrected chi connectivity index (χ1v) is 7.74. The fraction of sp³-hybridized carbons (Fsp3) is 0.294. The molecule has 7 heteroatoms. The topological polar surface area (TPSA) is 80.7 Å². The zero-order valence-corrected chi connectivity index (χ0v) is 13.1. The maximum Gasteiger partial charge on any atom is 0.353 e. The summed E-state index contributed by atoms with van der Waals surface area (Å²) < 4.78 is 7.14. The van der Waals surface area contributed by atoms with Crippen molar-refractivity contribution in [3.8, 4) is 11.3 Å². The third kappa shape index (κ3) is 2.52. The van der Waals surface area contributed by atoms with Crippen molar-refractivity contribution in [2.45, 2.75) is 18.7 Å². The molecule has 1 fully saturated rings. The molecular weight excluding hydrogens is 310 g/mol. The highest BCUT2D eigenvalue weighted by molar-refractivity contribution is 5.79. The first-order chi connectivity index (χ1) is 11.7. The predicted molar refractivity (Wildman–Crippen MR) is 87.1 cm³/mol. The number of aliphatic hydroxyl groups is 1. The second-order valence-electron chi connectivity index (χ2n) is 5.85. The molecule has 124 valence electrons. The lowest BCUT2D eigenvalue weighted by atomic mass is 10.2. The van der Waals surface area contributed by atoms with Gasteiger partial charge >= 0.3 is 5.69 Å². The van der Waals surface area contributed by atoms with Gasteiger partial charge in [-0.05, 0) is 6.07 Å². The summed E-state index contributed by atoms with van der Waals surface area (Å²) in [5, 5.41) is 11.6. The highest BCUT2D eigenvalue weighted by Gasteiger charge is 2.32. The van der Waals surface area contributed by atoms with E-state index in [4.69, 9.17) is 9.25 Å². The molecule has 2 unspecified atom stereocenters. The van der Waals surface area contributed by atoms with E-state index in [-0.39, 0.29) is 12.6 Å². The van der Waals surface area contributed by atoms with Crippen molar-refractivity contribution >= 4 is 11.1 Å². The number of rotatable bonds is 3. The van der Waals surface area contributed by atoms with Crippen LogP contribution in [0.25, 0.3) is 22.4 Å². The zero-order chi connectivity index (χ0) is 16.7. The van der Waals surface area contributed by atoms with Gasteiger partial charge in [-0.15, -0.1) is 0 Å². The fourth-order valence-corrected chi connectivity index (χ4v) is 2.93. The molecule has 2 atom stereocenters. The SMILES string of the molecule is CN1OC(n2cc3cc(-c4ccccc4)oc3nc2=O)CC1CO. The molecule has 1 aliphatic rings. The van der Waals surface area contributed by atoms with Crippen molar-refractivity contribution in [1.82, 2.24) is 14.6 Å². The number of furan rings is 1. The summed E-state index contributed by atoms with van der Waals surface area (Å²) >= 11 is 0. The average Bonchev–Trinajstić information content (AvgIpc) is 3.17. The number of aliphatic hydroxyl groups excluding tert-OH is 1. The lowest BCUT2D eigenvalue weighted by Gasteiger charge is -2.14. The Balaban J connectivity index is 1.74. The molecule has 3 aromatic rings. The van der Waals surface area contributed by atoms with E-state index in [1.54, 1.807) is 18.3 Å². The number of hydrogen-bond donors (Lipinski definition) is 1. The largest absolute Gasteiger partial charge is 0.437 e.